The number of benzene rings is 3. The van der Waals surface area contributed by atoms with Crippen molar-refractivity contribution in [1.82, 2.24) is 0 Å². The van der Waals surface area contributed by atoms with Crippen molar-refractivity contribution in [3.8, 4) is 16.9 Å². The zero-order valence-electron chi connectivity index (χ0n) is 21.0. The standard InChI is InChI=1S/C31H33ClO4/c1-19(34-2)35-18-36-29-13-25-4-3-5-26(23-6-8-24(9-7-23)30(32)33)27(25)14-28(29)31-15-20-10-21(16-31)12-22(11-20)17-31/h3-9,13-14,19-22H,10-12,15-18H2,1-2H3. The minimum atomic E-state index is -0.435. The molecule has 0 saturated heterocycles. The Morgan fingerprint density at radius 1 is 1.00 bits per heavy atom. The lowest BCUT2D eigenvalue weighted by Gasteiger charge is -2.57. The van der Waals surface area contributed by atoms with E-state index in [4.69, 9.17) is 25.8 Å². The highest BCUT2D eigenvalue weighted by Crippen LogP contribution is 2.62. The Labute approximate surface area is 217 Å². The largest absolute Gasteiger partial charge is 0.467 e. The Hall–Kier alpha value is -2.40. The highest BCUT2D eigenvalue weighted by Gasteiger charge is 2.52. The van der Waals surface area contributed by atoms with Gasteiger partial charge in [-0.2, -0.15) is 0 Å². The first-order valence-electron chi connectivity index (χ1n) is 13.1. The van der Waals surface area contributed by atoms with Crippen molar-refractivity contribution in [2.75, 3.05) is 13.9 Å². The third-order valence-corrected chi connectivity index (χ3v) is 9.08. The zero-order valence-corrected chi connectivity index (χ0v) is 21.7. The average Bonchev–Trinajstić information content (AvgIpc) is 2.87. The molecule has 7 rings (SSSR count). The Morgan fingerprint density at radius 3 is 2.28 bits per heavy atom. The Morgan fingerprint density at radius 2 is 1.67 bits per heavy atom. The summed E-state index contributed by atoms with van der Waals surface area (Å²) in [6.07, 6.45) is 7.64. The number of hydrogen-bond donors (Lipinski definition) is 0. The van der Waals surface area contributed by atoms with E-state index in [1.165, 1.54) is 49.5 Å². The highest BCUT2D eigenvalue weighted by atomic mass is 35.5. The summed E-state index contributed by atoms with van der Waals surface area (Å²) in [4.78, 5) is 11.6. The second-order valence-corrected chi connectivity index (χ2v) is 11.5. The second-order valence-electron chi connectivity index (χ2n) is 11.2. The topological polar surface area (TPSA) is 44.8 Å². The molecule has 4 saturated carbocycles. The number of ether oxygens (including phenoxy) is 3. The van der Waals surface area contributed by atoms with Crippen molar-refractivity contribution >= 4 is 27.6 Å². The number of carbonyl (C=O) groups is 1. The summed E-state index contributed by atoms with van der Waals surface area (Å²) in [6.45, 7) is 2.03. The fourth-order valence-electron chi connectivity index (χ4n) is 7.57. The average molecular weight is 505 g/mol. The van der Waals surface area contributed by atoms with Gasteiger partial charge in [-0.1, -0.05) is 30.3 Å². The zero-order chi connectivity index (χ0) is 24.9. The maximum Gasteiger partial charge on any atom is 0.252 e. The highest BCUT2D eigenvalue weighted by molar-refractivity contribution is 6.67. The van der Waals surface area contributed by atoms with Gasteiger partial charge in [0.25, 0.3) is 5.24 Å². The molecule has 0 radical (unpaired) electrons. The third kappa shape index (κ3) is 4.34. The number of halogens is 1. The van der Waals surface area contributed by atoms with Gasteiger partial charge in [0.1, 0.15) is 5.75 Å². The molecule has 0 aromatic heterocycles. The number of methoxy groups -OCH3 is 1. The van der Waals surface area contributed by atoms with Crippen molar-refractivity contribution in [2.45, 2.75) is 57.2 Å². The Bertz CT molecular complexity index is 1250. The van der Waals surface area contributed by atoms with Crippen LogP contribution in [0.4, 0.5) is 0 Å². The first-order valence-corrected chi connectivity index (χ1v) is 13.5. The van der Waals surface area contributed by atoms with E-state index in [1.807, 2.05) is 19.1 Å². The van der Waals surface area contributed by atoms with Crippen molar-refractivity contribution in [2.24, 2.45) is 17.8 Å². The molecule has 0 spiro atoms. The van der Waals surface area contributed by atoms with Gasteiger partial charge in [-0.25, -0.2) is 0 Å². The van der Waals surface area contributed by atoms with Gasteiger partial charge in [0.2, 0.25) is 0 Å². The van der Waals surface area contributed by atoms with Crippen molar-refractivity contribution in [3.63, 3.8) is 0 Å². The molecule has 4 aliphatic rings. The van der Waals surface area contributed by atoms with E-state index >= 15 is 0 Å². The van der Waals surface area contributed by atoms with Gasteiger partial charge in [-0.05, 0) is 126 Å². The van der Waals surface area contributed by atoms with Crippen LogP contribution in [0.15, 0.2) is 54.6 Å². The predicted octanol–water partition coefficient (Wildman–Crippen LogP) is 7.70. The first-order chi connectivity index (χ1) is 17.4. The SMILES string of the molecule is COC(C)OCOc1cc2cccc(-c3ccc(C(=O)Cl)cc3)c2cc1C12CC3CC(CC(C3)C1)C2. The van der Waals surface area contributed by atoms with Gasteiger partial charge >= 0.3 is 0 Å². The molecular formula is C31H33ClO4. The number of fused-ring (bicyclic) bond motifs is 1. The van der Waals surface area contributed by atoms with Crippen LogP contribution in [-0.4, -0.2) is 25.4 Å². The van der Waals surface area contributed by atoms with Gasteiger partial charge in [0.05, 0.1) is 0 Å². The molecule has 0 heterocycles. The first kappa shape index (κ1) is 24.0. The minimum absolute atomic E-state index is 0.160. The summed E-state index contributed by atoms with van der Waals surface area (Å²) in [5.74, 6) is 3.44. The van der Waals surface area contributed by atoms with E-state index < -0.39 is 5.24 Å². The van der Waals surface area contributed by atoms with Crippen molar-refractivity contribution < 1.29 is 19.0 Å². The van der Waals surface area contributed by atoms with E-state index in [9.17, 15) is 4.79 Å². The smallest absolute Gasteiger partial charge is 0.252 e. The Kier molecular flexibility index (Phi) is 6.31. The molecule has 3 aromatic carbocycles. The molecule has 0 aliphatic heterocycles. The molecule has 5 heteroatoms. The summed E-state index contributed by atoms with van der Waals surface area (Å²) in [7, 11) is 1.64. The second kappa shape index (κ2) is 9.48. The molecule has 188 valence electrons. The molecule has 1 atom stereocenters. The molecule has 0 amide bonds. The molecule has 4 nitrogen and oxygen atoms in total. The molecule has 4 fully saturated rings. The van der Waals surface area contributed by atoms with Crippen LogP contribution in [0.25, 0.3) is 21.9 Å². The fraction of sp³-hybridized carbons (Fsp3) is 0.452. The fourth-order valence-corrected chi connectivity index (χ4v) is 7.70. The van der Waals surface area contributed by atoms with Crippen molar-refractivity contribution in [3.05, 3.63) is 65.7 Å². The maximum atomic E-state index is 11.6. The van der Waals surface area contributed by atoms with Crippen LogP contribution < -0.4 is 4.74 Å². The molecule has 1 unspecified atom stereocenters. The van der Waals surface area contributed by atoms with Crippen LogP contribution >= 0.6 is 11.6 Å². The van der Waals surface area contributed by atoms with Crippen LogP contribution in [0.5, 0.6) is 5.75 Å². The van der Waals surface area contributed by atoms with Gasteiger partial charge in [-0.3, -0.25) is 4.79 Å². The van der Waals surface area contributed by atoms with E-state index in [0.29, 0.717) is 5.56 Å². The van der Waals surface area contributed by atoms with E-state index in [0.717, 1.165) is 40.0 Å². The summed E-state index contributed by atoms with van der Waals surface area (Å²) in [6, 6.07) is 18.5. The third-order valence-electron chi connectivity index (χ3n) is 8.86. The minimum Gasteiger partial charge on any atom is -0.467 e. The van der Waals surface area contributed by atoms with Crippen LogP contribution in [0.3, 0.4) is 0 Å². The van der Waals surface area contributed by atoms with Crippen LogP contribution in [0, 0.1) is 17.8 Å². The molecule has 4 aliphatic carbocycles. The molecule has 3 aromatic rings. The normalized spacial score (nSPS) is 27.4. The Balaban J connectivity index is 1.45. The lowest BCUT2D eigenvalue weighted by Crippen LogP contribution is -2.48. The van der Waals surface area contributed by atoms with E-state index in [-0.39, 0.29) is 18.5 Å². The molecule has 36 heavy (non-hydrogen) atoms. The molecule has 4 bridgehead atoms. The number of hydrogen-bond acceptors (Lipinski definition) is 4. The number of carbonyl (C=O) groups excluding carboxylic acids is 1. The summed E-state index contributed by atoms with van der Waals surface area (Å²) >= 11 is 5.68. The lowest BCUT2D eigenvalue weighted by atomic mass is 9.48. The van der Waals surface area contributed by atoms with Gasteiger partial charge in [0, 0.05) is 18.2 Å². The van der Waals surface area contributed by atoms with Crippen LogP contribution in [-0.2, 0) is 14.9 Å². The van der Waals surface area contributed by atoms with Gasteiger partial charge < -0.3 is 14.2 Å². The predicted molar refractivity (Wildman–Crippen MR) is 142 cm³/mol. The summed E-state index contributed by atoms with van der Waals surface area (Å²) in [5, 5.41) is 1.91. The van der Waals surface area contributed by atoms with E-state index in [1.54, 1.807) is 19.2 Å². The van der Waals surface area contributed by atoms with Gasteiger partial charge in [0.15, 0.2) is 13.1 Å². The van der Waals surface area contributed by atoms with Crippen LogP contribution in [0.1, 0.15) is 61.4 Å². The van der Waals surface area contributed by atoms with Crippen molar-refractivity contribution in [1.29, 1.82) is 0 Å². The molecular weight excluding hydrogens is 472 g/mol. The molecule has 0 N–H and O–H groups in total. The van der Waals surface area contributed by atoms with E-state index in [2.05, 4.69) is 30.3 Å². The summed E-state index contributed by atoms with van der Waals surface area (Å²) in [5.41, 5.74) is 4.25. The number of rotatable bonds is 8. The van der Waals surface area contributed by atoms with Crippen LogP contribution in [0.2, 0.25) is 0 Å². The summed E-state index contributed by atoms with van der Waals surface area (Å²) < 4.78 is 17.3. The monoisotopic (exact) mass is 504 g/mol. The van der Waals surface area contributed by atoms with Gasteiger partial charge in [-0.15, -0.1) is 0 Å². The quantitative estimate of drug-likeness (QED) is 0.233. The lowest BCUT2D eigenvalue weighted by molar-refractivity contribution is -0.150. The maximum absolute atomic E-state index is 11.6.